The van der Waals surface area contributed by atoms with Crippen LogP contribution in [0.2, 0.25) is 5.02 Å². The predicted octanol–water partition coefficient (Wildman–Crippen LogP) is 0.247. The van der Waals surface area contributed by atoms with E-state index < -0.39 is 23.8 Å². The van der Waals surface area contributed by atoms with Crippen molar-refractivity contribution in [1.29, 1.82) is 0 Å². The number of hydroxylamine groups is 1. The summed E-state index contributed by atoms with van der Waals surface area (Å²) in [7, 11) is 0. The Morgan fingerprint density at radius 3 is 2.89 bits per heavy atom. The number of carbonyl (C=O) groups excluding carboxylic acids is 2. The molecule has 0 spiro atoms. The van der Waals surface area contributed by atoms with Gasteiger partial charge in [0.2, 0.25) is 5.91 Å². The number of amides is 2. The molecule has 2 atom stereocenters. The molecule has 1 saturated heterocycles. The molecular formula is C12H13ClN2O4. The van der Waals surface area contributed by atoms with Crippen LogP contribution >= 0.6 is 11.6 Å². The van der Waals surface area contributed by atoms with E-state index in [9.17, 15) is 14.7 Å². The van der Waals surface area contributed by atoms with Crippen LogP contribution in [0.1, 0.15) is 6.42 Å². The van der Waals surface area contributed by atoms with Gasteiger partial charge in [-0.2, -0.15) is 5.48 Å². The minimum atomic E-state index is -1.17. The van der Waals surface area contributed by atoms with Crippen LogP contribution in [0.15, 0.2) is 24.3 Å². The van der Waals surface area contributed by atoms with Crippen molar-refractivity contribution in [3.8, 4) is 5.75 Å². The summed E-state index contributed by atoms with van der Waals surface area (Å²) in [6.45, 7) is 0.356. The summed E-state index contributed by atoms with van der Waals surface area (Å²) < 4.78 is 0. The number of carbonyl (C=O) groups is 2. The minimum absolute atomic E-state index is 0.267. The van der Waals surface area contributed by atoms with Crippen molar-refractivity contribution < 1.29 is 19.5 Å². The molecule has 6 nitrogen and oxygen atoms in total. The second kappa shape index (κ2) is 5.90. The number of para-hydroxylation sites is 1. The fraction of sp³-hybridized carbons (Fsp3) is 0.333. The maximum Gasteiger partial charge on any atom is 0.267 e. The highest BCUT2D eigenvalue weighted by Crippen LogP contribution is 2.22. The van der Waals surface area contributed by atoms with E-state index in [1.807, 2.05) is 0 Å². The zero-order valence-corrected chi connectivity index (χ0v) is 10.7. The van der Waals surface area contributed by atoms with E-state index >= 15 is 0 Å². The standard InChI is InChI=1S/C12H13ClN2O4/c13-7-3-1-2-4-9(7)19-15-12(18)10-8(16)5-6-14-11(10)17/h1-4,8,10,16H,5-6H2,(H,14,17)(H,15,18). The van der Waals surface area contributed by atoms with Crippen molar-refractivity contribution in [1.82, 2.24) is 10.8 Å². The summed E-state index contributed by atoms with van der Waals surface area (Å²) in [6, 6.07) is 6.58. The van der Waals surface area contributed by atoms with Gasteiger partial charge in [0.25, 0.3) is 5.91 Å². The van der Waals surface area contributed by atoms with Gasteiger partial charge >= 0.3 is 0 Å². The molecule has 102 valence electrons. The fourth-order valence-electron chi connectivity index (χ4n) is 1.78. The molecule has 1 aromatic rings. The molecule has 2 unspecified atom stereocenters. The summed E-state index contributed by atoms with van der Waals surface area (Å²) in [5.74, 6) is -2.12. The van der Waals surface area contributed by atoms with E-state index in [0.717, 1.165) is 0 Å². The van der Waals surface area contributed by atoms with E-state index in [1.54, 1.807) is 24.3 Å². The van der Waals surface area contributed by atoms with Crippen LogP contribution in [-0.2, 0) is 9.59 Å². The Bertz CT molecular complexity index is 494. The van der Waals surface area contributed by atoms with E-state index in [2.05, 4.69) is 10.8 Å². The van der Waals surface area contributed by atoms with Crippen molar-refractivity contribution in [2.45, 2.75) is 12.5 Å². The lowest BCUT2D eigenvalue weighted by Gasteiger charge is -2.26. The maximum absolute atomic E-state index is 11.8. The first-order valence-corrected chi connectivity index (χ1v) is 6.14. The van der Waals surface area contributed by atoms with E-state index in [4.69, 9.17) is 16.4 Å². The first-order valence-electron chi connectivity index (χ1n) is 5.76. The van der Waals surface area contributed by atoms with Crippen LogP contribution in [-0.4, -0.2) is 29.6 Å². The van der Waals surface area contributed by atoms with Gasteiger partial charge in [-0.3, -0.25) is 9.59 Å². The Kier molecular flexibility index (Phi) is 4.24. The Morgan fingerprint density at radius 1 is 1.47 bits per heavy atom. The van der Waals surface area contributed by atoms with Crippen molar-refractivity contribution >= 4 is 23.4 Å². The predicted molar refractivity (Wildman–Crippen MR) is 67.3 cm³/mol. The molecular weight excluding hydrogens is 272 g/mol. The molecule has 1 fully saturated rings. The highest BCUT2D eigenvalue weighted by Gasteiger charge is 2.37. The molecule has 1 heterocycles. The molecule has 1 aromatic carbocycles. The Labute approximate surface area is 114 Å². The highest BCUT2D eigenvalue weighted by atomic mass is 35.5. The molecule has 0 bridgehead atoms. The number of nitrogens with one attached hydrogen (secondary N) is 2. The smallest absolute Gasteiger partial charge is 0.267 e. The van der Waals surface area contributed by atoms with Gasteiger partial charge in [0, 0.05) is 6.54 Å². The molecule has 0 saturated carbocycles. The Balaban J connectivity index is 1.97. The third-order valence-electron chi connectivity index (χ3n) is 2.79. The first kappa shape index (κ1) is 13.6. The van der Waals surface area contributed by atoms with Gasteiger partial charge in [0.15, 0.2) is 5.75 Å². The Morgan fingerprint density at radius 2 is 2.21 bits per heavy atom. The highest BCUT2D eigenvalue weighted by molar-refractivity contribution is 6.32. The van der Waals surface area contributed by atoms with Gasteiger partial charge < -0.3 is 15.3 Å². The summed E-state index contributed by atoms with van der Waals surface area (Å²) in [5.41, 5.74) is 2.13. The number of aliphatic hydroxyl groups is 1. The number of halogens is 1. The van der Waals surface area contributed by atoms with Crippen LogP contribution in [0.3, 0.4) is 0 Å². The van der Waals surface area contributed by atoms with Gasteiger partial charge in [-0.1, -0.05) is 23.7 Å². The lowest BCUT2D eigenvalue weighted by Crippen LogP contribution is -2.52. The third-order valence-corrected chi connectivity index (χ3v) is 3.10. The molecule has 3 N–H and O–H groups in total. The SMILES string of the molecule is O=C1NCCC(O)C1C(=O)NOc1ccccc1Cl. The van der Waals surface area contributed by atoms with Gasteiger partial charge in [-0.25, -0.2) is 0 Å². The molecule has 19 heavy (non-hydrogen) atoms. The van der Waals surface area contributed by atoms with Crippen molar-refractivity contribution in [3.63, 3.8) is 0 Å². The second-order valence-electron chi connectivity index (χ2n) is 4.12. The monoisotopic (exact) mass is 284 g/mol. The number of aliphatic hydroxyl groups excluding tert-OH is 1. The van der Waals surface area contributed by atoms with Gasteiger partial charge in [0.05, 0.1) is 11.1 Å². The lowest BCUT2D eigenvalue weighted by atomic mass is 9.95. The summed E-state index contributed by atoms with van der Waals surface area (Å²) in [4.78, 5) is 28.3. The normalized spacial score (nSPS) is 22.5. The van der Waals surface area contributed by atoms with Crippen molar-refractivity contribution in [2.24, 2.45) is 5.92 Å². The molecule has 0 radical (unpaired) electrons. The maximum atomic E-state index is 11.8. The fourth-order valence-corrected chi connectivity index (χ4v) is 1.96. The number of rotatable bonds is 3. The quantitative estimate of drug-likeness (QED) is 0.548. The number of hydrogen-bond donors (Lipinski definition) is 3. The zero-order valence-electron chi connectivity index (χ0n) is 9.93. The van der Waals surface area contributed by atoms with Crippen molar-refractivity contribution in [2.75, 3.05) is 6.54 Å². The Hall–Kier alpha value is -1.79. The zero-order chi connectivity index (χ0) is 13.8. The average molecular weight is 285 g/mol. The molecule has 0 aromatic heterocycles. The second-order valence-corrected chi connectivity index (χ2v) is 4.53. The van der Waals surface area contributed by atoms with E-state index in [1.165, 1.54) is 0 Å². The van der Waals surface area contributed by atoms with Crippen LogP contribution in [0, 0.1) is 5.92 Å². The molecule has 2 amide bonds. The van der Waals surface area contributed by atoms with Crippen LogP contribution in [0.4, 0.5) is 0 Å². The lowest BCUT2D eigenvalue weighted by molar-refractivity contribution is -0.146. The number of piperidine rings is 1. The van der Waals surface area contributed by atoms with Crippen molar-refractivity contribution in [3.05, 3.63) is 29.3 Å². The summed E-state index contributed by atoms with van der Waals surface area (Å²) in [5, 5.41) is 12.5. The summed E-state index contributed by atoms with van der Waals surface area (Å²) >= 11 is 5.85. The van der Waals surface area contributed by atoms with Crippen LogP contribution in [0.5, 0.6) is 5.75 Å². The third kappa shape index (κ3) is 3.15. The minimum Gasteiger partial charge on any atom is -0.392 e. The largest absolute Gasteiger partial charge is 0.392 e. The topological polar surface area (TPSA) is 87.7 Å². The van der Waals surface area contributed by atoms with Gasteiger partial charge in [0.1, 0.15) is 5.92 Å². The van der Waals surface area contributed by atoms with E-state index in [0.29, 0.717) is 18.0 Å². The van der Waals surface area contributed by atoms with E-state index in [-0.39, 0.29) is 5.75 Å². The average Bonchev–Trinajstić information content (AvgIpc) is 2.37. The molecule has 1 aliphatic heterocycles. The van der Waals surface area contributed by atoms with Gasteiger partial charge in [-0.15, -0.1) is 0 Å². The summed E-state index contributed by atoms with van der Waals surface area (Å²) in [6.07, 6.45) is -0.681. The number of hydrogen-bond acceptors (Lipinski definition) is 4. The van der Waals surface area contributed by atoms with Crippen LogP contribution < -0.4 is 15.6 Å². The van der Waals surface area contributed by atoms with Gasteiger partial charge in [-0.05, 0) is 18.6 Å². The van der Waals surface area contributed by atoms with Crippen LogP contribution in [0.25, 0.3) is 0 Å². The molecule has 0 aliphatic carbocycles. The molecule has 7 heteroatoms. The molecule has 2 rings (SSSR count). The number of benzene rings is 1. The first-order chi connectivity index (χ1) is 9.09. The molecule has 1 aliphatic rings.